The molecule has 3 N–H and O–H groups in total. The van der Waals surface area contributed by atoms with Crippen LogP contribution >= 0.6 is 11.6 Å². The van der Waals surface area contributed by atoms with Crippen molar-refractivity contribution in [1.29, 1.82) is 0 Å². The normalized spacial score (nSPS) is 14.8. The Hall–Kier alpha value is -2.18. The zero-order valence-corrected chi connectivity index (χ0v) is 17.8. The van der Waals surface area contributed by atoms with Gasteiger partial charge in [-0.05, 0) is 68.5 Å². The van der Waals surface area contributed by atoms with Gasteiger partial charge in [0.2, 0.25) is 5.91 Å². The molecule has 0 fully saturated rings. The molecule has 1 atom stereocenters. The molecule has 0 bridgehead atoms. The first-order chi connectivity index (χ1) is 13.9. The molecule has 1 aromatic carbocycles. The molecule has 6 nitrogen and oxygen atoms in total. The topological polar surface area (TPSA) is 96.5 Å². The Labute approximate surface area is 176 Å². The first-order valence-electron chi connectivity index (χ1n) is 10.3. The van der Waals surface area contributed by atoms with Crippen molar-refractivity contribution >= 4 is 34.4 Å². The number of halogens is 1. The van der Waals surface area contributed by atoms with Gasteiger partial charge in [-0.15, -0.1) is 0 Å². The minimum absolute atomic E-state index is 0.0876. The molecule has 156 valence electrons. The lowest BCUT2D eigenvalue weighted by Gasteiger charge is -2.30. The summed E-state index contributed by atoms with van der Waals surface area (Å²) in [4.78, 5) is 31.1. The van der Waals surface area contributed by atoms with Gasteiger partial charge in [-0.25, -0.2) is 4.79 Å². The maximum Gasteiger partial charge on any atom is 0.335 e. The molecule has 1 aliphatic carbocycles. The van der Waals surface area contributed by atoms with Gasteiger partial charge in [0.1, 0.15) is 6.04 Å². The highest BCUT2D eigenvalue weighted by Crippen LogP contribution is 2.38. The van der Waals surface area contributed by atoms with Crippen molar-refractivity contribution in [3.63, 3.8) is 0 Å². The fourth-order valence-corrected chi connectivity index (χ4v) is 4.63. The Morgan fingerprint density at radius 3 is 2.62 bits per heavy atom. The van der Waals surface area contributed by atoms with Crippen molar-refractivity contribution in [2.45, 2.75) is 58.4 Å². The Kier molecular flexibility index (Phi) is 6.75. The van der Waals surface area contributed by atoms with E-state index in [0.717, 1.165) is 49.8 Å². The number of fused-ring (bicyclic) bond motifs is 2. The van der Waals surface area contributed by atoms with Crippen molar-refractivity contribution in [1.82, 2.24) is 9.88 Å². The number of unbranched alkanes of at least 4 members (excludes halogenated alkanes) is 1. The zero-order valence-electron chi connectivity index (χ0n) is 17.0. The second-order valence-electron chi connectivity index (χ2n) is 7.61. The number of carboxylic acid groups (broad SMARTS) is 1. The second kappa shape index (κ2) is 9.09. The Bertz CT molecular complexity index is 945. The van der Waals surface area contributed by atoms with Crippen LogP contribution in [0, 0.1) is 0 Å². The van der Waals surface area contributed by atoms with Crippen LogP contribution in [-0.2, 0) is 17.6 Å². The van der Waals surface area contributed by atoms with Gasteiger partial charge in [0.25, 0.3) is 0 Å². The fourth-order valence-electron chi connectivity index (χ4n) is 4.22. The van der Waals surface area contributed by atoms with E-state index in [2.05, 4.69) is 6.92 Å². The van der Waals surface area contributed by atoms with Gasteiger partial charge in [0.15, 0.2) is 0 Å². The largest absolute Gasteiger partial charge is 0.478 e. The summed E-state index contributed by atoms with van der Waals surface area (Å²) in [6.07, 6.45) is 5.64. The number of rotatable bonds is 8. The van der Waals surface area contributed by atoms with Gasteiger partial charge in [0, 0.05) is 11.1 Å². The van der Waals surface area contributed by atoms with Crippen LogP contribution in [0.5, 0.6) is 0 Å². The number of pyridine rings is 1. The van der Waals surface area contributed by atoms with Crippen molar-refractivity contribution in [3.05, 3.63) is 39.5 Å². The Morgan fingerprint density at radius 2 is 2.00 bits per heavy atom. The molecule has 29 heavy (non-hydrogen) atoms. The summed E-state index contributed by atoms with van der Waals surface area (Å²) < 4.78 is 0. The van der Waals surface area contributed by atoms with Crippen LogP contribution < -0.4 is 5.73 Å². The molecular formula is C22H28ClN3O3. The van der Waals surface area contributed by atoms with Crippen molar-refractivity contribution < 1.29 is 14.7 Å². The number of aromatic carboxylic acids is 1. The molecule has 7 heteroatoms. The lowest BCUT2D eigenvalue weighted by Crippen LogP contribution is -2.38. The van der Waals surface area contributed by atoms with E-state index in [1.54, 1.807) is 6.07 Å². The molecule has 0 spiro atoms. The van der Waals surface area contributed by atoms with E-state index in [0.29, 0.717) is 34.6 Å². The smallest absolute Gasteiger partial charge is 0.335 e. The Balaban J connectivity index is 2.30. The number of amides is 1. The second-order valence-corrected chi connectivity index (χ2v) is 7.99. The highest BCUT2D eigenvalue weighted by molar-refractivity contribution is 6.36. The van der Waals surface area contributed by atoms with E-state index in [1.165, 1.54) is 6.07 Å². The van der Waals surface area contributed by atoms with E-state index < -0.39 is 17.9 Å². The zero-order chi connectivity index (χ0) is 21.1. The van der Waals surface area contributed by atoms with E-state index >= 15 is 0 Å². The number of carboxylic acids is 1. The summed E-state index contributed by atoms with van der Waals surface area (Å²) in [7, 11) is 0. The number of aryl methyl sites for hydroxylation is 1. The van der Waals surface area contributed by atoms with Crippen molar-refractivity contribution in [3.8, 4) is 0 Å². The van der Waals surface area contributed by atoms with Crippen LogP contribution in [0.25, 0.3) is 10.9 Å². The van der Waals surface area contributed by atoms with Crippen LogP contribution in [0.15, 0.2) is 12.1 Å². The summed E-state index contributed by atoms with van der Waals surface area (Å²) in [6, 6.07) is 2.33. The molecule has 0 aliphatic heterocycles. The first-order valence-corrected chi connectivity index (χ1v) is 10.7. The van der Waals surface area contributed by atoms with Crippen LogP contribution in [0.4, 0.5) is 0 Å². The molecule has 1 aromatic heterocycles. The van der Waals surface area contributed by atoms with E-state index in [1.807, 2.05) is 11.8 Å². The number of likely N-dealkylation sites (N-methyl/N-ethyl adjacent to an activating group) is 1. The highest BCUT2D eigenvalue weighted by atomic mass is 35.5. The number of hydrogen-bond acceptors (Lipinski definition) is 4. The number of nitrogens with two attached hydrogens (primary N) is 1. The number of primary amides is 1. The molecule has 2 aromatic rings. The van der Waals surface area contributed by atoms with Gasteiger partial charge < -0.3 is 10.8 Å². The van der Waals surface area contributed by atoms with E-state index in [-0.39, 0.29) is 5.56 Å². The van der Waals surface area contributed by atoms with Gasteiger partial charge in [-0.1, -0.05) is 31.9 Å². The summed E-state index contributed by atoms with van der Waals surface area (Å²) >= 11 is 6.84. The van der Waals surface area contributed by atoms with Crippen LogP contribution in [0.3, 0.4) is 0 Å². The molecule has 3 rings (SSSR count). The fraction of sp³-hybridized carbons (Fsp3) is 0.500. The quantitative estimate of drug-likeness (QED) is 0.673. The number of aromatic nitrogens is 1. The number of carbonyl (C=O) groups is 2. The van der Waals surface area contributed by atoms with Gasteiger partial charge >= 0.3 is 5.97 Å². The third kappa shape index (κ3) is 4.23. The van der Waals surface area contributed by atoms with E-state index in [9.17, 15) is 14.7 Å². The van der Waals surface area contributed by atoms with Crippen LogP contribution in [-0.4, -0.2) is 40.0 Å². The van der Waals surface area contributed by atoms with Gasteiger partial charge in [0.05, 0.1) is 16.1 Å². The minimum Gasteiger partial charge on any atom is -0.478 e. The van der Waals surface area contributed by atoms with Crippen LogP contribution in [0.1, 0.15) is 72.8 Å². The first kappa shape index (κ1) is 21.5. The monoisotopic (exact) mass is 417 g/mol. The Morgan fingerprint density at radius 1 is 1.28 bits per heavy atom. The van der Waals surface area contributed by atoms with Crippen molar-refractivity contribution in [2.24, 2.45) is 5.73 Å². The van der Waals surface area contributed by atoms with Gasteiger partial charge in [-0.3, -0.25) is 14.7 Å². The predicted molar refractivity (Wildman–Crippen MR) is 114 cm³/mol. The number of carbonyl (C=O) groups excluding carboxylic acids is 1. The standard InChI is InChI=1S/C22H28ClN3O3/c1-3-5-10-26(4-2)20(21(24)27)15-11-13(22(28)29)12-17-18(15)19(23)14-8-6-7-9-16(14)25-17/h11-12,20H,3-10H2,1-2H3,(H2,24,27)(H,28,29). The van der Waals surface area contributed by atoms with Gasteiger partial charge in [-0.2, -0.15) is 0 Å². The lowest BCUT2D eigenvalue weighted by atomic mass is 9.90. The lowest BCUT2D eigenvalue weighted by molar-refractivity contribution is -0.123. The van der Waals surface area contributed by atoms with E-state index in [4.69, 9.17) is 22.3 Å². The summed E-state index contributed by atoms with van der Waals surface area (Å²) in [5, 5.41) is 10.9. The summed E-state index contributed by atoms with van der Waals surface area (Å²) in [5.41, 5.74) is 8.91. The molecule has 0 radical (unpaired) electrons. The molecule has 0 saturated heterocycles. The number of benzene rings is 1. The molecule has 1 aliphatic rings. The number of nitrogens with zero attached hydrogens (tertiary/aromatic N) is 2. The summed E-state index contributed by atoms with van der Waals surface area (Å²) in [5.74, 6) is -1.58. The van der Waals surface area contributed by atoms with Crippen LogP contribution in [0.2, 0.25) is 5.02 Å². The maximum absolute atomic E-state index is 12.6. The third-order valence-electron chi connectivity index (χ3n) is 5.71. The SMILES string of the molecule is CCCCN(CC)C(C(N)=O)c1cc(C(=O)O)cc2nc3c(c(Cl)c12)CCCC3. The molecule has 0 saturated carbocycles. The van der Waals surface area contributed by atoms with Crippen molar-refractivity contribution in [2.75, 3.05) is 13.1 Å². The molecule has 1 heterocycles. The highest BCUT2D eigenvalue weighted by Gasteiger charge is 2.30. The third-order valence-corrected chi connectivity index (χ3v) is 6.12. The summed E-state index contributed by atoms with van der Waals surface area (Å²) in [6.45, 7) is 5.36. The average molecular weight is 418 g/mol. The molecule has 1 amide bonds. The molecular weight excluding hydrogens is 390 g/mol. The minimum atomic E-state index is -1.07. The maximum atomic E-state index is 12.6. The number of hydrogen-bond donors (Lipinski definition) is 2. The average Bonchev–Trinajstić information content (AvgIpc) is 2.70. The predicted octanol–water partition coefficient (Wildman–Crippen LogP) is 4.11. The molecule has 1 unspecified atom stereocenters.